The van der Waals surface area contributed by atoms with Gasteiger partial charge < -0.3 is 10.5 Å². The first kappa shape index (κ1) is 20.8. The van der Waals surface area contributed by atoms with E-state index in [-0.39, 0.29) is 24.7 Å². The maximum Gasteiger partial charge on any atom is 0.414 e. The van der Waals surface area contributed by atoms with Crippen molar-refractivity contribution in [2.45, 2.75) is 12.5 Å². The van der Waals surface area contributed by atoms with Crippen LogP contribution in [0.3, 0.4) is 0 Å². The highest BCUT2D eigenvalue weighted by molar-refractivity contribution is 7.89. The lowest BCUT2D eigenvalue weighted by Crippen LogP contribution is -2.38. The number of nitrogens with zero attached hydrogens (tertiary/aromatic N) is 2. The number of amidine groups is 1. The lowest BCUT2D eigenvalue weighted by atomic mass is 10.1. The summed E-state index contributed by atoms with van der Waals surface area (Å²) in [6.07, 6.45) is -0.715. The number of anilines is 1. The molecule has 0 aliphatic carbocycles. The molecule has 0 saturated carbocycles. The van der Waals surface area contributed by atoms with Crippen molar-refractivity contribution in [1.82, 2.24) is 4.31 Å². The van der Waals surface area contributed by atoms with Crippen molar-refractivity contribution >= 4 is 27.6 Å². The van der Waals surface area contributed by atoms with Crippen LogP contribution in [0.2, 0.25) is 0 Å². The standard InChI is InChI=1S/C20H24N4O4S/c1-23(29(26,27)11-10-15-6-3-2-4-7-15)13-18-14-24(20(25)28-18)17-9-5-8-16(12-17)19(21)22/h2-9,12,18H,10-11,13-14H2,1H3,(H3,21,22). The van der Waals surface area contributed by atoms with Crippen molar-refractivity contribution in [3.63, 3.8) is 0 Å². The van der Waals surface area contributed by atoms with E-state index in [0.29, 0.717) is 17.7 Å². The quantitative estimate of drug-likeness (QED) is 0.503. The highest BCUT2D eigenvalue weighted by Crippen LogP contribution is 2.23. The third-order valence-corrected chi connectivity index (χ3v) is 6.59. The molecule has 1 heterocycles. The molecule has 2 aromatic rings. The van der Waals surface area contributed by atoms with Gasteiger partial charge in [0.2, 0.25) is 10.0 Å². The molecule has 1 aliphatic rings. The fraction of sp³-hybridized carbons (Fsp3) is 0.300. The van der Waals surface area contributed by atoms with Gasteiger partial charge in [-0.3, -0.25) is 10.3 Å². The fourth-order valence-electron chi connectivity index (χ4n) is 3.12. The lowest BCUT2D eigenvalue weighted by molar-refractivity contribution is 0.131. The summed E-state index contributed by atoms with van der Waals surface area (Å²) in [5.74, 6) is -0.112. The van der Waals surface area contributed by atoms with Gasteiger partial charge in [-0.1, -0.05) is 42.5 Å². The summed E-state index contributed by atoms with van der Waals surface area (Å²) in [5, 5.41) is 7.53. The first-order valence-electron chi connectivity index (χ1n) is 9.17. The minimum absolute atomic E-state index is 0.0153. The molecule has 1 fully saturated rings. The Hall–Kier alpha value is -2.91. The van der Waals surface area contributed by atoms with Crippen LogP contribution in [0.1, 0.15) is 11.1 Å². The smallest absolute Gasteiger partial charge is 0.414 e. The second kappa shape index (κ2) is 8.62. The average Bonchev–Trinajstić information content (AvgIpc) is 3.07. The van der Waals surface area contributed by atoms with Crippen molar-refractivity contribution < 1.29 is 17.9 Å². The number of nitrogens with one attached hydrogen (secondary N) is 1. The maximum absolute atomic E-state index is 12.6. The Bertz CT molecular complexity index is 995. The van der Waals surface area contributed by atoms with Crippen molar-refractivity contribution in [1.29, 1.82) is 5.41 Å². The SMILES string of the molecule is CN(CC1CN(c2cccc(C(=N)N)c2)C(=O)O1)S(=O)(=O)CCc1ccccc1. The van der Waals surface area contributed by atoms with E-state index in [2.05, 4.69) is 0 Å². The largest absolute Gasteiger partial charge is 0.443 e. The highest BCUT2D eigenvalue weighted by atomic mass is 32.2. The van der Waals surface area contributed by atoms with Crippen LogP contribution in [0.25, 0.3) is 0 Å². The summed E-state index contributed by atoms with van der Waals surface area (Å²) in [6, 6.07) is 16.1. The van der Waals surface area contributed by atoms with Crippen LogP contribution in [0.5, 0.6) is 0 Å². The van der Waals surface area contributed by atoms with Crippen LogP contribution in [-0.4, -0.2) is 56.6 Å². The molecule has 1 aliphatic heterocycles. The van der Waals surface area contributed by atoms with E-state index in [1.54, 1.807) is 24.3 Å². The van der Waals surface area contributed by atoms with Crippen LogP contribution >= 0.6 is 0 Å². The van der Waals surface area contributed by atoms with E-state index < -0.39 is 22.2 Å². The first-order chi connectivity index (χ1) is 13.8. The molecular weight excluding hydrogens is 392 g/mol. The van der Waals surface area contributed by atoms with Crippen LogP contribution in [0.15, 0.2) is 54.6 Å². The molecule has 0 spiro atoms. The number of amides is 1. The van der Waals surface area contributed by atoms with Crippen molar-refractivity contribution in [3.05, 3.63) is 65.7 Å². The Morgan fingerprint density at radius 1 is 1.24 bits per heavy atom. The lowest BCUT2D eigenvalue weighted by Gasteiger charge is -2.20. The van der Waals surface area contributed by atoms with E-state index in [9.17, 15) is 13.2 Å². The molecule has 154 valence electrons. The van der Waals surface area contributed by atoms with Crippen LogP contribution < -0.4 is 10.6 Å². The number of ether oxygens (including phenoxy) is 1. The number of nitrogens with two attached hydrogens (primary N) is 1. The number of rotatable bonds is 8. The van der Waals surface area contributed by atoms with Gasteiger partial charge in [-0.25, -0.2) is 17.5 Å². The van der Waals surface area contributed by atoms with Gasteiger partial charge in [-0.2, -0.15) is 0 Å². The molecule has 9 heteroatoms. The topological polar surface area (TPSA) is 117 Å². The van der Waals surface area contributed by atoms with Crippen LogP contribution in [0, 0.1) is 5.41 Å². The molecule has 2 aromatic carbocycles. The molecule has 8 nitrogen and oxygen atoms in total. The summed E-state index contributed by atoms with van der Waals surface area (Å²) in [5.41, 5.74) is 7.51. The van der Waals surface area contributed by atoms with Crippen molar-refractivity contribution in [2.24, 2.45) is 5.73 Å². The van der Waals surface area contributed by atoms with Crippen molar-refractivity contribution in [2.75, 3.05) is 30.8 Å². The third-order valence-electron chi connectivity index (χ3n) is 4.77. The molecule has 1 amide bonds. The average molecular weight is 417 g/mol. The van der Waals surface area contributed by atoms with Gasteiger partial charge in [0.05, 0.1) is 18.8 Å². The number of hydrogen-bond donors (Lipinski definition) is 2. The molecule has 29 heavy (non-hydrogen) atoms. The van der Waals surface area contributed by atoms with Crippen LogP contribution in [-0.2, 0) is 21.2 Å². The van der Waals surface area contributed by atoms with Crippen LogP contribution in [0.4, 0.5) is 10.5 Å². The number of cyclic esters (lactones) is 1. The first-order valence-corrected chi connectivity index (χ1v) is 10.8. The molecular formula is C20H24N4O4S. The molecule has 0 bridgehead atoms. The monoisotopic (exact) mass is 416 g/mol. The molecule has 1 saturated heterocycles. The van der Waals surface area contributed by atoms with Gasteiger partial charge in [-0.15, -0.1) is 0 Å². The summed E-state index contributed by atoms with van der Waals surface area (Å²) in [7, 11) is -1.99. The molecule has 3 rings (SSSR count). The van der Waals surface area contributed by atoms with E-state index in [4.69, 9.17) is 15.9 Å². The van der Waals surface area contributed by atoms with Gasteiger partial charge in [-0.05, 0) is 24.1 Å². The normalized spacial score (nSPS) is 16.8. The summed E-state index contributed by atoms with van der Waals surface area (Å²) in [4.78, 5) is 13.7. The predicted octanol–water partition coefficient (Wildman–Crippen LogP) is 1.80. The Kier molecular flexibility index (Phi) is 6.19. The van der Waals surface area contributed by atoms with Crippen molar-refractivity contribution in [3.8, 4) is 0 Å². The fourth-order valence-corrected chi connectivity index (χ4v) is 4.32. The number of sulfonamides is 1. The number of carbonyl (C=O) groups is 1. The molecule has 1 atom stereocenters. The number of carbonyl (C=O) groups excluding carboxylic acids is 1. The Labute approximate surface area is 170 Å². The number of aryl methyl sites for hydroxylation is 1. The zero-order valence-electron chi connectivity index (χ0n) is 16.1. The van der Waals surface area contributed by atoms with E-state index in [1.165, 1.54) is 16.3 Å². The summed E-state index contributed by atoms with van der Waals surface area (Å²) in [6.45, 7) is 0.296. The van der Waals surface area contributed by atoms with Gasteiger partial charge in [0.25, 0.3) is 0 Å². The van der Waals surface area contributed by atoms with Gasteiger partial charge in [0.1, 0.15) is 11.9 Å². The molecule has 1 unspecified atom stereocenters. The van der Waals surface area contributed by atoms with Gasteiger partial charge >= 0.3 is 6.09 Å². The Morgan fingerprint density at radius 3 is 2.66 bits per heavy atom. The van der Waals surface area contributed by atoms with E-state index >= 15 is 0 Å². The summed E-state index contributed by atoms with van der Waals surface area (Å²) < 4.78 is 31.7. The number of benzene rings is 2. The van der Waals surface area contributed by atoms with E-state index in [1.807, 2.05) is 30.3 Å². The molecule has 0 aromatic heterocycles. The predicted molar refractivity (Wildman–Crippen MR) is 112 cm³/mol. The molecule has 3 N–H and O–H groups in total. The minimum atomic E-state index is -3.48. The molecule has 0 radical (unpaired) electrons. The Morgan fingerprint density at radius 2 is 1.97 bits per heavy atom. The summed E-state index contributed by atoms with van der Waals surface area (Å²) >= 11 is 0. The minimum Gasteiger partial charge on any atom is -0.443 e. The zero-order valence-corrected chi connectivity index (χ0v) is 16.9. The Balaban J connectivity index is 1.61. The van der Waals surface area contributed by atoms with Gasteiger partial charge in [0, 0.05) is 18.3 Å². The van der Waals surface area contributed by atoms with E-state index in [0.717, 1.165) is 5.56 Å². The number of hydrogen-bond acceptors (Lipinski definition) is 5. The number of likely N-dealkylation sites (N-methyl/N-ethyl adjacent to an activating group) is 1. The second-order valence-electron chi connectivity index (χ2n) is 6.91. The van der Waals surface area contributed by atoms with Gasteiger partial charge in [0.15, 0.2) is 0 Å². The number of nitrogen functional groups attached to an aromatic ring is 1. The second-order valence-corrected chi connectivity index (χ2v) is 9.11. The zero-order chi connectivity index (χ0) is 21.0. The third kappa shape index (κ3) is 5.12. The highest BCUT2D eigenvalue weighted by Gasteiger charge is 2.35. The maximum atomic E-state index is 12.6.